The molecule has 116 valence electrons. The van der Waals surface area contributed by atoms with E-state index in [0.29, 0.717) is 0 Å². The summed E-state index contributed by atoms with van der Waals surface area (Å²) < 4.78 is 5.31. The van der Waals surface area contributed by atoms with Crippen LogP contribution in [0.3, 0.4) is 0 Å². The third-order valence-corrected chi connectivity index (χ3v) is 4.49. The van der Waals surface area contributed by atoms with Gasteiger partial charge in [0.1, 0.15) is 45.0 Å². The number of rotatable bonds is 5. The Morgan fingerprint density at radius 2 is 1.55 bits per heavy atom. The Labute approximate surface area is 132 Å². The minimum Gasteiger partial charge on any atom is -0.497 e. The number of hydrogen-bond acceptors (Lipinski definition) is 1. The molecule has 0 bridgehead atoms. The van der Waals surface area contributed by atoms with Crippen LogP contribution in [0.4, 0.5) is 0 Å². The molecule has 1 aliphatic rings. The van der Waals surface area contributed by atoms with E-state index >= 15 is 0 Å². The maximum Gasteiger partial charge on any atom is 0.167 e. The monoisotopic (exact) mass is 300 g/mol. The van der Waals surface area contributed by atoms with Crippen molar-refractivity contribution < 1.29 is 19.5 Å². The molecule has 0 radical (unpaired) electrons. The number of hydrogen-bond donors (Lipinski definition) is 2. The van der Waals surface area contributed by atoms with E-state index in [1.165, 1.54) is 37.3 Å². The maximum atomic E-state index is 5.31. The van der Waals surface area contributed by atoms with E-state index in [4.69, 9.17) is 4.74 Å². The predicted octanol–water partition coefficient (Wildman–Crippen LogP) is -1.01. The van der Waals surface area contributed by atoms with Crippen molar-refractivity contribution in [2.24, 2.45) is 0 Å². The number of ether oxygens (including phenoxy) is 1. The smallest absolute Gasteiger partial charge is 0.167 e. The van der Waals surface area contributed by atoms with Gasteiger partial charge in [-0.1, -0.05) is 12.1 Å². The molecule has 0 spiro atoms. The molecule has 3 rings (SSSR count). The summed E-state index contributed by atoms with van der Waals surface area (Å²) in [6, 6.07) is 12.8. The first-order valence-electron chi connectivity index (χ1n) is 8.08. The minimum absolute atomic E-state index is 0.960. The van der Waals surface area contributed by atoms with Crippen LogP contribution < -0.4 is 19.5 Å². The van der Waals surface area contributed by atoms with E-state index in [1.54, 1.807) is 16.9 Å². The van der Waals surface area contributed by atoms with E-state index in [1.807, 2.05) is 18.5 Å². The quantitative estimate of drug-likeness (QED) is 0.729. The number of piperazine rings is 1. The van der Waals surface area contributed by atoms with Gasteiger partial charge in [-0.2, -0.15) is 0 Å². The number of nitrogens with one attached hydrogen (secondary N) is 3. The summed E-state index contributed by atoms with van der Waals surface area (Å²) in [6.07, 6.45) is 4.03. The van der Waals surface area contributed by atoms with Crippen molar-refractivity contribution in [2.75, 3.05) is 33.3 Å². The first-order valence-corrected chi connectivity index (χ1v) is 8.08. The molecule has 4 nitrogen and oxygen atoms in total. The summed E-state index contributed by atoms with van der Waals surface area (Å²) in [4.78, 5) is 6.46. The van der Waals surface area contributed by atoms with Gasteiger partial charge in [-0.05, 0) is 12.1 Å². The molecule has 0 atom stereocenters. The van der Waals surface area contributed by atoms with Crippen molar-refractivity contribution in [1.82, 2.24) is 0 Å². The lowest BCUT2D eigenvalue weighted by atomic mass is 10.1. The molecule has 1 fully saturated rings. The normalized spacial score (nSPS) is 21.5. The SMILES string of the molecule is COc1cccc(C[NH+]2CC[NH+](Cc3cc[nH+]cc3)CC2)c1. The van der Waals surface area contributed by atoms with E-state index in [9.17, 15) is 0 Å². The highest BCUT2D eigenvalue weighted by molar-refractivity contribution is 5.27. The first-order chi connectivity index (χ1) is 10.8. The van der Waals surface area contributed by atoms with Crippen LogP contribution in [0, 0.1) is 0 Å². The van der Waals surface area contributed by atoms with Crippen molar-refractivity contribution in [3.8, 4) is 5.75 Å². The van der Waals surface area contributed by atoms with Gasteiger partial charge in [-0.15, -0.1) is 0 Å². The van der Waals surface area contributed by atoms with Gasteiger partial charge in [0.2, 0.25) is 0 Å². The average molecular weight is 300 g/mol. The van der Waals surface area contributed by atoms with E-state index < -0.39 is 0 Å². The van der Waals surface area contributed by atoms with Crippen LogP contribution in [-0.4, -0.2) is 33.3 Å². The predicted molar refractivity (Wildman–Crippen MR) is 84.8 cm³/mol. The van der Waals surface area contributed by atoms with Gasteiger partial charge >= 0.3 is 0 Å². The van der Waals surface area contributed by atoms with Gasteiger partial charge in [-0.3, -0.25) is 0 Å². The highest BCUT2D eigenvalue weighted by Gasteiger charge is 2.23. The minimum atomic E-state index is 0.960. The molecule has 0 saturated carbocycles. The Morgan fingerprint density at radius 3 is 2.18 bits per heavy atom. The molecule has 2 aromatic rings. The lowest BCUT2D eigenvalue weighted by molar-refractivity contribution is -1.02. The number of aromatic nitrogens is 1. The zero-order valence-corrected chi connectivity index (χ0v) is 13.3. The topological polar surface area (TPSA) is 32.2 Å². The van der Waals surface area contributed by atoms with Crippen LogP contribution >= 0.6 is 0 Å². The summed E-state index contributed by atoms with van der Waals surface area (Å²) in [6.45, 7) is 7.22. The summed E-state index contributed by atoms with van der Waals surface area (Å²) in [5.41, 5.74) is 2.79. The highest BCUT2D eigenvalue weighted by Crippen LogP contribution is 2.11. The Bertz CT molecular complexity index is 580. The lowest BCUT2D eigenvalue weighted by Crippen LogP contribution is -3.27. The molecular weight excluding hydrogens is 274 g/mol. The number of aromatic amines is 1. The molecule has 3 N–H and O–H groups in total. The van der Waals surface area contributed by atoms with Crippen LogP contribution in [0.25, 0.3) is 0 Å². The fourth-order valence-electron chi connectivity index (χ4n) is 3.21. The van der Waals surface area contributed by atoms with Gasteiger partial charge in [0.05, 0.1) is 7.11 Å². The van der Waals surface area contributed by atoms with Crippen molar-refractivity contribution in [3.63, 3.8) is 0 Å². The standard InChI is InChI=1S/C18H23N3O/c1-22-18-4-2-3-17(13-18)15-21-11-9-20(10-12-21)14-16-5-7-19-8-6-16/h2-8,13H,9-12,14-15H2,1H3/p+3. The van der Waals surface area contributed by atoms with E-state index in [-0.39, 0.29) is 0 Å². The molecule has 4 heteroatoms. The van der Waals surface area contributed by atoms with E-state index in [0.717, 1.165) is 18.8 Å². The number of H-pyrrole nitrogens is 1. The Kier molecular flexibility index (Phi) is 5.03. The number of quaternary nitrogens is 2. The molecule has 1 aromatic heterocycles. The Hall–Kier alpha value is -1.91. The number of benzene rings is 1. The summed E-state index contributed by atoms with van der Waals surface area (Å²) in [5.74, 6) is 0.960. The fourth-order valence-corrected chi connectivity index (χ4v) is 3.21. The van der Waals surface area contributed by atoms with Crippen molar-refractivity contribution in [3.05, 3.63) is 59.9 Å². The maximum absolute atomic E-state index is 5.31. The van der Waals surface area contributed by atoms with Crippen molar-refractivity contribution in [1.29, 1.82) is 0 Å². The van der Waals surface area contributed by atoms with Crippen LogP contribution in [0.1, 0.15) is 11.1 Å². The first kappa shape index (κ1) is 15.0. The Morgan fingerprint density at radius 1 is 0.909 bits per heavy atom. The summed E-state index contributed by atoms with van der Waals surface area (Å²) in [7, 11) is 1.73. The van der Waals surface area contributed by atoms with Gasteiger partial charge in [0.25, 0.3) is 0 Å². The van der Waals surface area contributed by atoms with Gasteiger partial charge in [0.15, 0.2) is 12.4 Å². The molecule has 1 aromatic carbocycles. The van der Waals surface area contributed by atoms with Gasteiger partial charge in [0, 0.05) is 23.3 Å². The van der Waals surface area contributed by atoms with Crippen LogP contribution in [0.2, 0.25) is 0 Å². The molecule has 0 aliphatic carbocycles. The molecule has 1 aliphatic heterocycles. The largest absolute Gasteiger partial charge is 0.497 e. The summed E-state index contributed by atoms with van der Waals surface area (Å²) in [5, 5.41) is 0. The van der Waals surface area contributed by atoms with Crippen molar-refractivity contribution >= 4 is 0 Å². The molecule has 1 saturated heterocycles. The number of methoxy groups -OCH3 is 1. The average Bonchev–Trinajstić information content (AvgIpc) is 2.58. The molecule has 22 heavy (non-hydrogen) atoms. The van der Waals surface area contributed by atoms with Crippen LogP contribution in [0.15, 0.2) is 48.8 Å². The Balaban J connectivity index is 1.49. The zero-order valence-electron chi connectivity index (χ0n) is 13.3. The third-order valence-electron chi connectivity index (χ3n) is 4.49. The zero-order chi connectivity index (χ0) is 15.2. The van der Waals surface area contributed by atoms with Crippen LogP contribution in [0.5, 0.6) is 5.75 Å². The van der Waals surface area contributed by atoms with Crippen LogP contribution in [-0.2, 0) is 13.1 Å². The molecule has 0 unspecified atom stereocenters. The van der Waals surface area contributed by atoms with Crippen molar-refractivity contribution in [2.45, 2.75) is 13.1 Å². The van der Waals surface area contributed by atoms with Gasteiger partial charge < -0.3 is 14.5 Å². The second kappa shape index (κ2) is 7.38. The molecule has 0 amide bonds. The second-order valence-corrected chi connectivity index (χ2v) is 6.11. The lowest BCUT2D eigenvalue weighted by Gasteiger charge is -2.29. The molecule has 2 heterocycles. The van der Waals surface area contributed by atoms with Gasteiger partial charge in [-0.25, -0.2) is 4.98 Å². The highest BCUT2D eigenvalue weighted by atomic mass is 16.5. The third kappa shape index (κ3) is 4.06. The fraction of sp³-hybridized carbons (Fsp3) is 0.389. The summed E-state index contributed by atoms with van der Waals surface area (Å²) >= 11 is 0. The number of pyridine rings is 1. The van der Waals surface area contributed by atoms with E-state index in [2.05, 4.69) is 35.3 Å². The molecular formula is C18H26N3O+3. The second-order valence-electron chi connectivity index (χ2n) is 6.11.